The highest BCUT2D eigenvalue weighted by Gasteiger charge is 2.25. The normalized spacial score (nSPS) is 15.2. The second-order valence-corrected chi connectivity index (χ2v) is 6.05. The number of H-pyrrole nitrogens is 1. The lowest BCUT2D eigenvalue weighted by atomic mass is 9.96. The maximum absolute atomic E-state index is 13.4. The second kappa shape index (κ2) is 7.46. The van der Waals surface area contributed by atoms with Gasteiger partial charge in [-0.1, -0.05) is 6.08 Å². The number of hydrogen-bond acceptors (Lipinski definition) is 2. The van der Waals surface area contributed by atoms with Crippen LogP contribution in [0.1, 0.15) is 24.6 Å². The first-order chi connectivity index (χ1) is 12.1. The Morgan fingerprint density at radius 1 is 1.36 bits per heavy atom. The molecule has 1 aliphatic rings. The standard InChI is InChI=1S/C18H20F2N4O/c1-2-7-21-18(25)24-8-5-12(6-9-24)17-22-11-16(23-17)13-3-4-14(19)15(20)10-13/h2-4,10-12H,1,5-9H2,(H,21,25)(H,22,23). The number of aromatic amines is 1. The monoisotopic (exact) mass is 346 g/mol. The zero-order chi connectivity index (χ0) is 17.8. The summed E-state index contributed by atoms with van der Waals surface area (Å²) in [6, 6.07) is 3.69. The van der Waals surface area contributed by atoms with Crippen LogP contribution in [0.15, 0.2) is 37.1 Å². The fourth-order valence-electron chi connectivity index (χ4n) is 2.98. The van der Waals surface area contributed by atoms with Gasteiger partial charge in [0.2, 0.25) is 0 Å². The van der Waals surface area contributed by atoms with Crippen LogP contribution in [0.2, 0.25) is 0 Å². The van der Waals surface area contributed by atoms with Crippen molar-refractivity contribution in [2.75, 3.05) is 19.6 Å². The van der Waals surface area contributed by atoms with Crippen LogP contribution in [-0.4, -0.2) is 40.5 Å². The number of likely N-dealkylation sites (tertiary alicyclic amines) is 1. The van der Waals surface area contributed by atoms with E-state index in [1.807, 2.05) is 0 Å². The molecule has 5 nitrogen and oxygen atoms in total. The highest BCUT2D eigenvalue weighted by atomic mass is 19.2. The van der Waals surface area contributed by atoms with Gasteiger partial charge in [0.1, 0.15) is 5.82 Å². The first-order valence-electron chi connectivity index (χ1n) is 8.22. The summed E-state index contributed by atoms with van der Waals surface area (Å²) in [5, 5.41) is 2.77. The van der Waals surface area contributed by atoms with Crippen molar-refractivity contribution in [3.8, 4) is 11.3 Å². The van der Waals surface area contributed by atoms with Gasteiger partial charge in [-0.15, -0.1) is 6.58 Å². The topological polar surface area (TPSA) is 61.0 Å². The summed E-state index contributed by atoms with van der Waals surface area (Å²) in [5.41, 5.74) is 1.21. The first-order valence-corrected chi connectivity index (χ1v) is 8.22. The number of benzene rings is 1. The van der Waals surface area contributed by atoms with Crippen LogP contribution in [0, 0.1) is 11.6 Å². The van der Waals surface area contributed by atoms with E-state index >= 15 is 0 Å². The molecule has 2 N–H and O–H groups in total. The molecule has 0 atom stereocenters. The smallest absolute Gasteiger partial charge is 0.317 e. The van der Waals surface area contributed by atoms with Crippen molar-refractivity contribution in [1.82, 2.24) is 20.2 Å². The predicted molar refractivity (Wildman–Crippen MR) is 91.1 cm³/mol. The lowest BCUT2D eigenvalue weighted by Gasteiger charge is -2.31. The zero-order valence-electron chi connectivity index (χ0n) is 13.8. The van der Waals surface area contributed by atoms with Crippen molar-refractivity contribution in [3.63, 3.8) is 0 Å². The molecule has 1 aliphatic heterocycles. The van der Waals surface area contributed by atoms with Crippen LogP contribution in [-0.2, 0) is 0 Å². The Morgan fingerprint density at radius 3 is 2.80 bits per heavy atom. The van der Waals surface area contributed by atoms with Gasteiger partial charge in [0.25, 0.3) is 0 Å². The van der Waals surface area contributed by atoms with Gasteiger partial charge in [-0.05, 0) is 31.0 Å². The molecule has 1 fully saturated rings. The fraction of sp³-hybridized carbons (Fsp3) is 0.333. The maximum Gasteiger partial charge on any atom is 0.317 e. The number of urea groups is 1. The Morgan fingerprint density at radius 2 is 2.12 bits per heavy atom. The molecule has 1 aromatic carbocycles. The average molecular weight is 346 g/mol. The number of amides is 2. The van der Waals surface area contributed by atoms with Crippen molar-refractivity contribution in [3.05, 3.63) is 54.5 Å². The van der Waals surface area contributed by atoms with Crippen LogP contribution in [0.4, 0.5) is 13.6 Å². The van der Waals surface area contributed by atoms with Gasteiger partial charge in [-0.2, -0.15) is 0 Å². The summed E-state index contributed by atoms with van der Waals surface area (Å²) in [6.07, 6.45) is 4.87. The molecule has 132 valence electrons. The van der Waals surface area contributed by atoms with Crippen LogP contribution in [0.25, 0.3) is 11.3 Å². The number of nitrogens with one attached hydrogen (secondary N) is 2. The van der Waals surface area contributed by atoms with E-state index in [2.05, 4.69) is 21.9 Å². The van der Waals surface area contributed by atoms with Crippen molar-refractivity contribution in [1.29, 1.82) is 0 Å². The van der Waals surface area contributed by atoms with E-state index < -0.39 is 11.6 Å². The fourth-order valence-corrected chi connectivity index (χ4v) is 2.98. The van der Waals surface area contributed by atoms with Crippen LogP contribution in [0.5, 0.6) is 0 Å². The Bertz CT molecular complexity index is 766. The number of hydrogen-bond donors (Lipinski definition) is 2. The molecule has 0 aliphatic carbocycles. The number of halogens is 2. The third kappa shape index (κ3) is 3.87. The number of rotatable bonds is 4. The summed E-state index contributed by atoms with van der Waals surface area (Å²) in [6.45, 7) is 5.33. The molecule has 1 saturated heterocycles. The SMILES string of the molecule is C=CCNC(=O)N1CCC(c2ncc(-c3ccc(F)c(F)c3)[nH]2)CC1. The van der Waals surface area contributed by atoms with E-state index in [0.29, 0.717) is 30.9 Å². The molecule has 1 aromatic heterocycles. The van der Waals surface area contributed by atoms with Crippen molar-refractivity contribution >= 4 is 6.03 Å². The van der Waals surface area contributed by atoms with Gasteiger partial charge in [0.15, 0.2) is 11.6 Å². The van der Waals surface area contributed by atoms with Gasteiger partial charge in [0, 0.05) is 31.1 Å². The molecule has 0 bridgehead atoms. The number of piperidine rings is 1. The zero-order valence-corrected chi connectivity index (χ0v) is 13.8. The third-order valence-electron chi connectivity index (χ3n) is 4.39. The Balaban J connectivity index is 1.63. The van der Waals surface area contributed by atoms with E-state index in [4.69, 9.17) is 0 Å². The molecule has 0 saturated carbocycles. The summed E-state index contributed by atoms with van der Waals surface area (Å²) in [5.74, 6) is -0.730. The van der Waals surface area contributed by atoms with Crippen molar-refractivity contribution < 1.29 is 13.6 Å². The number of carbonyl (C=O) groups excluding carboxylic acids is 1. The summed E-state index contributed by atoms with van der Waals surface area (Å²) < 4.78 is 26.4. The van der Waals surface area contributed by atoms with Gasteiger partial charge in [0.05, 0.1) is 11.9 Å². The molecule has 3 rings (SSSR count). The Hall–Kier alpha value is -2.70. The van der Waals surface area contributed by atoms with Gasteiger partial charge in [-0.3, -0.25) is 0 Å². The predicted octanol–water partition coefficient (Wildman–Crippen LogP) is 3.43. The molecule has 2 heterocycles. The van der Waals surface area contributed by atoms with Crippen molar-refractivity contribution in [2.45, 2.75) is 18.8 Å². The minimum Gasteiger partial charge on any atom is -0.342 e. The molecule has 0 unspecified atom stereocenters. The van der Waals surface area contributed by atoms with Crippen LogP contribution < -0.4 is 5.32 Å². The number of aromatic nitrogens is 2. The van der Waals surface area contributed by atoms with Crippen LogP contribution in [0.3, 0.4) is 0 Å². The molecule has 2 aromatic rings. The number of carbonyl (C=O) groups is 1. The summed E-state index contributed by atoms with van der Waals surface area (Å²) in [7, 11) is 0. The highest BCUT2D eigenvalue weighted by molar-refractivity contribution is 5.74. The van der Waals surface area contributed by atoms with E-state index in [-0.39, 0.29) is 11.9 Å². The van der Waals surface area contributed by atoms with Crippen molar-refractivity contribution in [2.24, 2.45) is 0 Å². The molecule has 7 heteroatoms. The van der Waals surface area contributed by atoms with E-state index in [1.165, 1.54) is 6.07 Å². The molecule has 0 spiro atoms. The van der Waals surface area contributed by atoms with E-state index in [1.54, 1.807) is 17.2 Å². The Labute approximate surface area is 144 Å². The van der Waals surface area contributed by atoms with Crippen LogP contribution >= 0.6 is 0 Å². The molecular weight excluding hydrogens is 326 g/mol. The minimum absolute atomic E-state index is 0.0831. The van der Waals surface area contributed by atoms with E-state index in [9.17, 15) is 13.6 Å². The quantitative estimate of drug-likeness (QED) is 0.833. The van der Waals surface area contributed by atoms with Gasteiger partial charge in [-0.25, -0.2) is 18.6 Å². The molecule has 25 heavy (non-hydrogen) atoms. The Kier molecular flexibility index (Phi) is 5.11. The summed E-state index contributed by atoms with van der Waals surface area (Å²) in [4.78, 5) is 21.3. The lowest BCUT2D eigenvalue weighted by molar-refractivity contribution is 0.181. The minimum atomic E-state index is -0.882. The highest BCUT2D eigenvalue weighted by Crippen LogP contribution is 2.28. The number of nitrogens with zero attached hydrogens (tertiary/aromatic N) is 2. The van der Waals surface area contributed by atoms with Gasteiger partial charge < -0.3 is 15.2 Å². The molecule has 0 radical (unpaired) electrons. The first kappa shape index (κ1) is 17.1. The molecule has 2 amide bonds. The largest absolute Gasteiger partial charge is 0.342 e. The lowest BCUT2D eigenvalue weighted by Crippen LogP contribution is -2.44. The maximum atomic E-state index is 13.4. The summed E-state index contributed by atoms with van der Waals surface area (Å²) >= 11 is 0. The average Bonchev–Trinajstić information content (AvgIpc) is 3.12. The van der Waals surface area contributed by atoms with Gasteiger partial charge >= 0.3 is 6.03 Å². The molecular formula is C18H20F2N4O. The second-order valence-electron chi connectivity index (χ2n) is 6.05. The van der Waals surface area contributed by atoms with E-state index in [0.717, 1.165) is 30.8 Å². The third-order valence-corrected chi connectivity index (χ3v) is 4.39. The number of imidazole rings is 1.